The molecule has 4 rings (SSSR count). The van der Waals surface area contributed by atoms with Gasteiger partial charge in [0.05, 0.1) is 11.4 Å². The lowest BCUT2D eigenvalue weighted by Gasteiger charge is -2.32. The van der Waals surface area contributed by atoms with Gasteiger partial charge in [-0.1, -0.05) is 36.9 Å². The lowest BCUT2D eigenvalue weighted by Crippen LogP contribution is -2.59. The van der Waals surface area contributed by atoms with Crippen molar-refractivity contribution in [2.45, 2.75) is 37.8 Å². The Morgan fingerprint density at radius 1 is 1.03 bits per heavy atom. The zero-order chi connectivity index (χ0) is 27.7. The van der Waals surface area contributed by atoms with E-state index in [1.165, 1.54) is 39.1 Å². The molecule has 0 fully saturated rings. The molecule has 202 valence electrons. The zero-order valence-electron chi connectivity index (χ0n) is 21.6. The molecule has 0 aliphatic carbocycles. The quantitative estimate of drug-likeness (QED) is 0.221. The van der Waals surface area contributed by atoms with E-state index < -0.39 is 17.5 Å². The molecule has 0 radical (unpaired) electrons. The normalized spacial score (nSPS) is 15.6. The van der Waals surface area contributed by atoms with Gasteiger partial charge in [0.25, 0.3) is 0 Å². The molecular weight excluding hydrogens is 496 g/mol. The first kappa shape index (κ1) is 27.4. The zero-order valence-corrected chi connectivity index (χ0v) is 21.6. The highest BCUT2D eigenvalue weighted by Crippen LogP contribution is 2.37. The number of nitrogens with one attached hydrogen (secondary N) is 3. The Kier molecular flexibility index (Phi) is 7.40. The molecular formula is C28H32F4N6. The van der Waals surface area contributed by atoms with E-state index in [2.05, 4.69) is 22.5 Å². The average molecular weight is 529 g/mol. The van der Waals surface area contributed by atoms with Gasteiger partial charge in [-0.3, -0.25) is 5.32 Å². The molecule has 0 saturated carbocycles. The summed E-state index contributed by atoms with van der Waals surface area (Å²) in [5.41, 5.74) is 4.51. The van der Waals surface area contributed by atoms with Gasteiger partial charge in [-0.05, 0) is 68.8 Å². The molecule has 1 aromatic heterocycles. The Morgan fingerprint density at radius 2 is 1.74 bits per heavy atom. The summed E-state index contributed by atoms with van der Waals surface area (Å²) in [6, 6.07) is 16.8. The van der Waals surface area contributed by atoms with E-state index in [9.17, 15) is 17.6 Å². The van der Waals surface area contributed by atoms with Gasteiger partial charge in [0.2, 0.25) is 0 Å². The molecule has 1 atom stereocenters. The van der Waals surface area contributed by atoms with Crippen molar-refractivity contribution >= 4 is 17.2 Å². The summed E-state index contributed by atoms with van der Waals surface area (Å²) < 4.78 is 55.6. The smallest absolute Gasteiger partial charge is 0.382 e. The largest absolute Gasteiger partial charge is 0.424 e. The average Bonchev–Trinajstić information content (AvgIpc) is 3.09. The first-order valence-corrected chi connectivity index (χ1v) is 12.3. The number of hydrogen-bond donors (Lipinski definition) is 4. The molecule has 2 heterocycles. The van der Waals surface area contributed by atoms with E-state index in [1.807, 2.05) is 23.1 Å². The molecule has 0 amide bonds. The Bertz CT molecular complexity index is 1320. The standard InChI is InChI=1S/C28H32F4N6/c1-18(36-22-11-6-10-21(17-22)27(33,34-4)28(30,31)32)38-15-7-14-35-24-13-12-23(37-25(24)38)19-8-5-9-20(16-19)26(2,3)29/h5-6,8-13,16-17,34-36H,1,7,14-15,33H2,2-4H3. The van der Waals surface area contributed by atoms with Gasteiger partial charge in [0.1, 0.15) is 11.5 Å². The van der Waals surface area contributed by atoms with Crippen molar-refractivity contribution in [2.24, 2.45) is 5.73 Å². The molecule has 3 aromatic rings. The van der Waals surface area contributed by atoms with E-state index in [1.54, 1.807) is 24.3 Å². The van der Waals surface area contributed by atoms with Crippen LogP contribution in [-0.2, 0) is 11.3 Å². The second-order valence-corrected chi connectivity index (χ2v) is 9.76. The Hall–Kier alpha value is -3.63. The van der Waals surface area contributed by atoms with Gasteiger partial charge in [-0.15, -0.1) is 0 Å². The minimum atomic E-state index is -4.71. The lowest BCUT2D eigenvalue weighted by atomic mass is 9.97. The van der Waals surface area contributed by atoms with E-state index in [4.69, 9.17) is 10.7 Å². The van der Waals surface area contributed by atoms with Crippen molar-refractivity contribution in [1.29, 1.82) is 0 Å². The molecule has 2 aromatic carbocycles. The van der Waals surface area contributed by atoms with E-state index in [0.717, 1.165) is 17.7 Å². The number of halogens is 4. The van der Waals surface area contributed by atoms with Crippen LogP contribution in [-0.4, -0.2) is 31.3 Å². The van der Waals surface area contributed by atoms with Gasteiger partial charge in [-0.2, -0.15) is 13.2 Å². The number of fused-ring (bicyclic) bond motifs is 1. The molecule has 1 aliphatic heterocycles. The fourth-order valence-electron chi connectivity index (χ4n) is 4.36. The van der Waals surface area contributed by atoms with Crippen LogP contribution in [0.5, 0.6) is 0 Å². The summed E-state index contributed by atoms with van der Waals surface area (Å²) in [4.78, 5) is 6.76. The summed E-state index contributed by atoms with van der Waals surface area (Å²) in [5, 5.41) is 8.66. The van der Waals surface area contributed by atoms with Crippen LogP contribution in [0.25, 0.3) is 11.3 Å². The molecule has 5 N–H and O–H groups in total. The van der Waals surface area contributed by atoms with Crippen LogP contribution in [0.1, 0.15) is 31.4 Å². The molecule has 38 heavy (non-hydrogen) atoms. The predicted molar refractivity (Wildman–Crippen MR) is 144 cm³/mol. The van der Waals surface area contributed by atoms with Crippen molar-refractivity contribution in [3.8, 4) is 11.3 Å². The second-order valence-electron chi connectivity index (χ2n) is 9.76. The highest BCUT2D eigenvalue weighted by Gasteiger charge is 2.52. The van der Waals surface area contributed by atoms with Crippen LogP contribution in [0.2, 0.25) is 0 Å². The molecule has 1 unspecified atom stereocenters. The van der Waals surface area contributed by atoms with Crippen molar-refractivity contribution in [2.75, 3.05) is 35.7 Å². The van der Waals surface area contributed by atoms with Crippen molar-refractivity contribution < 1.29 is 17.6 Å². The van der Waals surface area contributed by atoms with Crippen LogP contribution < -0.4 is 26.6 Å². The summed E-state index contributed by atoms with van der Waals surface area (Å²) in [5.74, 6) is 1.05. The number of aromatic nitrogens is 1. The van der Waals surface area contributed by atoms with E-state index >= 15 is 0 Å². The maximum atomic E-state index is 14.6. The number of rotatable bonds is 7. The minimum Gasteiger partial charge on any atom is -0.382 e. The van der Waals surface area contributed by atoms with E-state index in [-0.39, 0.29) is 5.56 Å². The monoisotopic (exact) mass is 528 g/mol. The van der Waals surface area contributed by atoms with Crippen molar-refractivity contribution in [3.63, 3.8) is 0 Å². The third kappa shape index (κ3) is 5.46. The number of nitrogens with two attached hydrogens (primary N) is 1. The van der Waals surface area contributed by atoms with Gasteiger partial charge in [0.15, 0.2) is 11.5 Å². The Balaban J connectivity index is 1.66. The maximum Gasteiger partial charge on any atom is 0.424 e. The highest BCUT2D eigenvalue weighted by atomic mass is 19.4. The summed E-state index contributed by atoms with van der Waals surface area (Å²) in [6.45, 7) is 8.45. The fourth-order valence-corrected chi connectivity index (χ4v) is 4.36. The van der Waals surface area contributed by atoms with Crippen LogP contribution in [0.3, 0.4) is 0 Å². The molecule has 10 heteroatoms. The minimum absolute atomic E-state index is 0.140. The van der Waals surface area contributed by atoms with Crippen molar-refractivity contribution in [1.82, 2.24) is 10.3 Å². The Morgan fingerprint density at radius 3 is 2.42 bits per heavy atom. The summed E-state index contributed by atoms with van der Waals surface area (Å²) in [7, 11) is 1.17. The number of benzene rings is 2. The Labute approximate surface area is 219 Å². The third-order valence-electron chi connectivity index (χ3n) is 6.62. The SMILES string of the molecule is C=C(Nc1cccc(C(N)(NC)C(F)(F)F)c1)N1CCCNc2ccc(-c3cccc(C(C)(C)F)c3)nc21. The second kappa shape index (κ2) is 10.3. The molecule has 0 saturated heterocycles. The maximum absolute atomic E-state index is 14.6. The van der Waals surface area contributed by atoms with Crippen LogP contribution in [0, 0.1) is 0 Å². The molecule has 0 bridgehead atoms. The fraction of sp³-hybridized carbons (Fsp3) is 0.321. The van der Waals surface area contributed by atoms with Gasteiger partial charge in [-0.25, -0.2) is 9.37 Å². The molecule has 0 spiro atoms. The number of alkyl halides is 4. The topological polar surface area (TPSA) is 78.2 Å². The van der Waals surface area contributed by atoms with Gasteiger partial charge in [0, 0.05) is 24.3 Å². The number of hydrogen-bond acceptors (Lipinski definition) is 6. The van der Waals surface area contributed by atoms with Crippen molar-refractivity contribution in [3.05, 3.63) is 84.2 Å². The van der Waals surface area contributed by atoms with Gasteiger partial charge >= 0.3 is 6.18 Å². The molecule has 1 aliphatic rings. The summed E-state index contributed by atoms with van der Waals surface area (Å²) in [6.07, 6.45) is -3.93. The van der Waals surface area contributed by atoms with Gasteiger partial charge < -0.3 is 21.3 Å². The summed E-state index contributed by atoms with van der Waals surface area (Å²) >= 11 is 0. The molecule has 6 nitrogen and oxygen atoms in total. The lowest BCUT2D eigenvalue weighted by molar-refractivity contribution is -0.198. The highest BCUT2D eigenvalue weighted by molar-refractivity contribution is 5.75. The number of pyridine rings is 1. The van der Waals surface area contributed by atoms with E-state index in [0.29, 0.717) is 41.7 Å². The van der Waals surface area contributed by atoms with Crippen LogP contribution in [0.4, 0.5) is 34.8 Å². The van der Waals surface area contributed by atoms with Crippen LogP contribution >= 0.6 is 0 Å². The number of anilines is 3. The first-order valence-electron chi connectivity index (χ1n) is 12.3. The predicted octanol–water partition coefficient (Wildman–Crippen LogP) is 6.05. The first-order chi connectivity index (χ1) is 17.8. The third-order valence-corrected chi connectivity index (χ3v) is 6.62. The van der Waals surface area contributed by atoms with Crippen LogP contribution in [0.15, 0.2) is 73.1 Å². The number of nitrogens with zero attached hydrogens (tertiary/aromatic N) is 2.